The van der Waals surface area contributed by atoms with E-state index in [9.17, 15) is 4.79 Å². The molecule has 128 valence electrons. The summed E-state index contributed by atoms with van der Waals surface area (Å²) in [4.78, 5) is 14.1. The minimum Gasteiger partial charge on any atom is -0.458 e. The van der Waals surface area contributed by atoms with E-state index >= 15 is 0 Å². The molecule has 1 aromatic carbocycles. The number of hydrogen-bond acceptors (Lipinski definition) is 4. The van der Waals surface area contributed by atoms with Crippen LogP contribution in [0.1, 0.15) is 45.7 Å². The minimum atomic E-state index is -0.449. The zero-order valence-corrected chi connectivity index (χ0v) is 14.7. The molecule has 23 heavy (non-hydrogen) atoms. The molecular weight excluding hydrogens is 290 g/mol. The van der Waals surface area contributed by atoms with Crippen LogP contribution in [-0.2, 0) is 14.3 Å². The molecule has 1 saturated heterocycles. The first-order valence-electron chi connectivity index (χ1n) is 8.44. The highest BCUT2D eigenvalue weighted by molar-refractivity contribution is 5.71. The van der Waals surface area contributed by atoms with Crippen molar-refractivity contribution in [1.29, 1.82) is 0 Å². The molecule has 0 aromatic heterocycles. The third kappa shape index (κ3) is 5.96. The molecule has 1 aliphatic heterocycles. The van der Waals surface area contributed by atoms with E-state index in [-0.39, 0.29) is 12.6 Å². The van der Waals surface area contributed by atoms with E-state index in [0.29, 0.717) is 18.6 Å². The SMILES string of the molecule is C[C@@H](c1ccccc1)N1CCC(COCC(=O)OC(C)(C)C)C1. The van der Waals surface area contributed by atoms with E-state index < -0.39 is 5.60 Å². The lowest BCUT2D eigenvalue weighted by atomic mass is 10.1. The van der Waals surface area contributed by atoms with Gasteiger partial charge in [0.25, 0.3) is 0 Å². The molecule has 0 amide bonds. The number of rotatable bonds is 6. The Morgan fingerprint density at radius 3 is 2.65 bits per heavy atom. The number of carbonyl (C=O) groups excluding carboxylic acids is 1. The molecule has 2 rings (SSSR count). The Bertz CT molecular complexity index is 495. The Hall–Kier alpha value is -1.39. The third-order valence-corrected chi connectivity index (χ3v) is 4.14. The molecule has 1 aliphatic rings. The van der Waals surface area contributed by atoms with Gasteiger partial charge in [-0.25, -0.2) is 4.79 Å². The summed E-state index contributed by atoms with van der Waals surface area (Å²) in [6, 6.07) is 11.0. The van der Waals surface area contributed by atoms with Gasteiger partial charge in [-0.3, -0.25) is 4.90 Å². The van der Waals surface area contributed by atoms with Gasteiger partial charge in [0.15, 0.2) is 0 Å². The van der Waals surface area contributed by atoms with E-state index in [2.05, 4.69) is 36.1 Å². The van der Waals surface area contributed by atoms with Gasteiger partial charge in [0.2, 0.25) is 0 Å². The van der Waals surface area contributed by atoms with Crippen LogP contribution in [0, 0.1) is 5.92 Å². The van der Waals surface area contributed by atoms with Crippen LogP contribution in [0.3, 0.4) is 0 Å². The standard InChI is InChI=1S/C19H29NO3/c1-15(17-8-6-5-7-9-17)20-11-10-16(12-20)13-22-14-18(21)23-19(2,3)4/h5-9,15-16H,10-14H2,1-4H3/t15-,16?/m0/s1. The Balaban J connectivity index is 1.70. The third-order valence-electron chi connectivity index (χ3n) is 4.14. The minimum absolute atomic E-state index is 0.0437. The smallest absolute Gasteiger partial charge is 0.332 e. The van der Waals surface area contributed by atoms with Crippen LogP contribution in [0.15, 0.2) is 30.3 Å². The van der Waals surface area contributed by atoms with Gasteiger partial charge >= 0.3 is 5.97 Å². The molecule has 0 saturated carbocycles. The van der Waals surface area contributed by atoms with E-state index in [4.69, 9.17) is 9.47 Å². The number of esters is 1. The summed E-state index contributed by atoms with van der Waals surface area (Å²) in [6.45, 7) is 10.6. The maximum absolute atomic E-state index is 11.6. The fraction of sp³-hybridized carbons (Fsp3) is 0.632. The van der Waals surface area contributed by atoms with Crippen LogP contribution in [-0.4, -0.2) is 42.8 Å². The van der Waals surface area contributed by atoms with Gasteiger partial charge in [-0.05, 0) is 52.1 Å². The lowest BCUT2D eigenvalue weighted by molar-refractivity contribution is -0.160. The monoisotopic (exact) mass is 319 g/mol. The molecule has 0 N–H and O–H groups in total. The molecule has 1 heterocycles. The van der Waals surface area contributed by atoms with Gasteiger partial charge in [-0.1, -0.05) is 30.3 Å². The molecule has 1 aromatic rings. The van der Waals surface area contributed by atoms with Crippen molar-refractivity contribution in [3.05, 3.63) is 35.9 Å². The second kappa shape index (κ2) is 7.93. The zero-order chi connectivity index (χ0) is 16.9. The summed E-state index contributed by atoms with van der Waals surface area (Å²) in [5.41, 5.74) is 0.901. The maximum Gasteiger partial charge on any atom is 0.332 e. The first-order valence-corrected chi connectivity index (χ1v) is 8.44. The van der Waals surface area contributed by atoms with E-state index in [1.165, 1.54) is 5.56 Å². The average molecular weight is 319 g/mol. The number of likely N-dealkylation sites (tertiary alicyclic amines) is 1. The normalized spacial score (nSPS) is 20.4. The highest BCUT2D eigenvalue weighted by Crippen LogP contribution is 2.27. The number of carbonyl (C=O) groups is 1. The van der Waals surface area contributed by atoms with E-state index in [1.54, 1.807) is 0 Å². The molecule has 0 aliphatic carbocycles. The number of nitrogens with zero attached hydrogens (tertiary/aromatic N) is 1. The summed E-state index contributed by atoms with van der Waals surface area (Å²) in [6.07, 6.45) is 1.12. The van der Waals surface area contributed by atoms with Crippen LogP contribution in [0.4, 0.5) is 0 Å². The van der Waals surface area contributed by atoms with Crippen molar-refractivity contribution >= 4 is 5.97 Å². The second-order valence-corrected chi connectivity index (χ2v) is 7.34. The van der Waals surface area contributed by atoms with Gasteiger partial charge < -0.3 is 9.47 Å². The second-order valence-electron chi connectivity index (χ2n) is 7.34. The Kier molecular flexibility index (Phi) is 6.19. The van der Waals surface area contributed by atoms with Crippen molar-refractivity contribution in [1.82, 2.24) is 4.90 Å². The van der Waals surface area contributed by atoms with Gasteiger partial charge in [-0.2, -0.15) is 0 Å². The van der Waals surface area contributed by atoms with Crippen molar-refractivity contribution in [2.75, 3.05) is 26.3 Å². The largest absolute Gasteiger partial charge is 0.458 e. The molecule has 0 bridgehead atoms. The molecule has 1 fully saturated rings. The Labute approximate surface area is 139 Å². The van der Waals surface area contributed by atoms with Crippen LogP contribution in [0.25, 0.3) is 0 Å². The van der Waals surface area contributed by atoms with E-state index in [1.807, 2.05) is 26.8 Å². The quantitative estimate of drug-likeness (QED) is 0.753. The van der Waals surface area contributed by atoms with Crippen LogP contribution >= 0.6 is 0 Å². The molecule has 0 radical (unpaired) electrons. The lowest BCUT2D eigenvalue weighted by Crippen LogP contribution is -2.28. The van der Waals surface area contributed by atoms with Crippen LogP contribution in [0.2, 0.25) is 0 Å². The maximum atomic E-state index is 11.6. The molecule has 4 nitrogen and oxygen atoms in total. The molecule has 4 heteroatoms. The van der Waals surface area contributed by atoms with Crippen molar-refractivity contribution in [2.24, 2.45) is 5.92 Å². The summed E-state index contributed by atoms with van der Waals surface area (Å²) >= 11 is 0. The van der Waals surface area contributed by atoms with Crippen molar-refractivity contribution in [3.63, 3.8) is 0 Å². The first-order chi connectivity index (χ1) is 10.8. The van der Waals surface area contributed by atoms with Gasteiger partial charge in [0, 0.05) is 12.6 Å². The Morgan fingerprint density at radius 1 is 1.30 bits per heavy atom. The predicted octanol–water partition coefficient (Wildman–Crippen LogP) is 3.43. The number of hydrogen-bond donors (Lipinski definition) is 0. The first kappa shape index (κ1) is 18.0. The molecule has 1 unspecified atom stereocenters. The van der Waals surface area contributed by atoms with Crippen LogP contribution < -0.4 is 0 Å². The number of ether oxygens (including phenoxy) is 2. The molecular formula is C19H29NO3. The van der Waals surface area contributed by atoms with Gasteiger partial charge in [0.1, 0.15) is 12.2 Å². The van der Waals surface area contributed by atoms with Crippen molar-refractivity contribution in [2.45, 2.75) is 45.8 Å². The summed E-state index contributed by atoms with van der Waals surface area (Å²) < 4.78 is 10.8. The lowest BCUT2D eigenvalue weighted by Gasteiger charge is -2.24. The van der Waals surface area contributed by atoms with Gasteiger partial charge in [0.05, 0.1) is 6.61 Å². The Morgan fingerprint density at radius 2 is 2.00 bits per heavy atom. The van der Waals surface area contributed by atoms with Crippen LogP contribution in [0.5, 0.6) is 0 Å². The van der Waals surface area contributed by atoms with Crippen molar-refractivity contribution in [3.8, 4) is 0 Å². The topological polar surface area (TPSA) is 38.8 Å². The zero-order valence-electron chi connectivity index (χ0n) is 14.7. The van der Waals surface area contributed by atoms with E-state index in [0.717, 1.165) is 19.5 Å². The summed E-state index contributed by atoms with van der Waals surface area (Å²) in [5.74, 6) is 0.202. The summed E-state index contributed by atoms with van der Waals surface area (Å²) in [7, 11) is 0. The highest BCUT2D eigenvalue weighted by atomic mass is 16.6. The fourth-order valence-corrected chi connectivity index (χ4v) is 2.97. The average Bonchev–Trinajstić information content (AvgIpc) is 2.94. The van der Waals surface area contributed by atoms with Crippen molar-refractivity contribution < 1.29 is 14.3 Å². The molecule has 0 spiro atoms. The number of benzene rings is 1. The van der Waals surface area contributed by atoms with Gasteiger partial charge in [-0.15, -0.1) is 0 Å². The highest BCUT2D eigenvalue weighted by Gasteiger charge is 2.27. The predicted molar refractivity (Wildman–Crippen MR) is 91.2 cm³/mol. The summed E-state index contributed by atoms with van der Waals surface area (Å²) in [5, 5.41) is 0. The molecule has 2 atom stereocenters. The fourth-order valence-electron chi connectivity index (χ4n) is 2.97.